The number of hydrogen-bond donors (Lipinski definition) is 2. The lowest BCUT2D eigenvalue weighted by molar-refractivity contribution is 0.476. The number of aryl methyl sites for hydroxylation is 1. The second-order valence-electron chi connectivity index (χ2n) is 4.88. The van der Waals surface area contributed by atoms with E-state index in [1.807, 2.05) is 0 Å². The van der Waals surface area contributed by atoms with Gasteiger partial charge in [-0.05, 0) is 19.8 Å². The normalized spacial score (nSPS) is 20.1. The third-order valence-electron chi connectivity index (χ3n) is 3.29. The molecule has 0 unspecified atom stereocenters. The highest BCUT2D eigenvalue weighted by molar-refractivity contribution is 7.91. The largest absolute Gasteiger partial charge is 0.464 e. The van der Waals surface area contributed by atoms with Crippen LogP contribution in [0.5, 0.6) is 0 Å². The van der Waals surface area contributed by atoms with Gasteiger partial charge in [-0.3, -0.25) is 0 Å². The average Bonchev–Trinajstić information content (AvgIpc) is 2.74. The van der Waals surface area contributed by atoms with Gasteiger partial charge in [0.25, 0.3) is 0 Å². The maximum atomic E-state index is 12.3. The molecule has 9 heteroatoms. The maximum Gasteiger partial charge on any atom is 0.244 e. The van der Waals surface area contributed by atoms with E-state index in [4.69, 9.17) is 10.2 Å². The summed E-state index contributed by atoms with van der Waals surface area (Å²) < 4.78 is 54.9. The van der Waals surface area contributed by atoms with E-state index in [1.54, 1.807) is 6.92 Å². The lowest BCUT2D eigenvalue weighted by Gasteiger charge is -2.22. The summed E-state index contributed by atoms with van der Waals surface area (Å²) in [5.74, 6) is 0.701. The van der Waals surface area contributed by atoms with Crippen LogP contribution in [-0.2, 0) is 26.4 Å². The van der Waals surface area contributed by atoms with Crippen molar-refractivity contribution >= 4 is 19.9 Å². The zero-order chi connectivity index (χ0) is 15.0. The summed E-state index contributed by atoms with van der Waals surface area (Å²) in [5.41, 5.74) is 5.41. The van der Waals surface area contributed by atoms with Gasteiger partial charge in [-0.2, -0.15) is 0 Å². The van der Waals surface area contributed by atoms with Crippen LogP contribution in [0.3, 0.4) is 0 Å². The number of sulfonamides is 1. The van der Waals surface area contributed by atoms with Crippen molar-refractivity contribution in [3.63, 3.8) is 0 Å². The molecule has 0 atom stereocenters. The highest BCUT2D eigenvalue weighted by Crippen LogP contribution is 2.21. The molecule has 1 saturated heterocycles. The molecule has 20 heavy (non-hydrogen) atoms. The van der Waals surface area contributed by atoms with Crippen LogP contribution in [-0.4, -0.2) is 34.4 Å². The van der Waals surface area contributed by atoms with Crippen LogP contribution in [0.25, 0.3) is 0 Å². The molecule has 1 aromatic rings. The molecule has 1 aliphatic heterocycles. The summed E-state index contributed by atoms with van der Waals surface area (Å²) in [4.78, 5) is 0.0615. The Hall–Kier alpha value is -0.900. The van der Waals surface area contributed by atoms with Crippen molar-refractivity contribution in [1.29, 1.82) is 0 Å². The first-order valence-electron chi connectivity index (χ1n) is 6.25. The number of nitrogens with one attached hydrogen (secondary N) is 1. The highest BCUT2D eigenvalue weighted by atomic mass is 32.2. The Balaban J connectivity index is 2.13. The van der Waals surface area contributed by atoms with Crippen molar-refractivity contribution in [3.8, 4) is 0 Å². The summed E-state index contributed by atoms with van der Waals surface area (Å²) in [6.45, 7) is 1.68. The van der Waals surface area contributed by atoms with Crippen LogP contribution in [0.1, 0.15) is 24.4 Å². The molecule has 0 aromatic carbocycles. The molecule has 3 N–H and O–H groups in total. The van der Waals surface area contributed by atoms with Gasteiger partial charge < -0.3 is 10.2 Å². The van der Waals surface area contributed by atoms with Crippen molar-refractivity contribution in [1.82, 2.24) is 4.72 Å². The van der Waals surface area contributed by atoms with Crippen molar-refractivity contribution in [2.75, 3.05) is 11.5 Å². The van der Waals surface area contributed by atoms with Gasteiger partial charge in [0.2, 0.25) is 10.0 Å². The first-order chi connectivity index (χ1) is 9.23. The molecular formula is C11H18N2O5S2. The van der Waals surface area contributed by atoms with Gasteiger partial charge in [0.1, 0.15) is 26.3 Å². The van der Waals surface area contributed by atoms with Gasteiger partial charge in [0.15, 0.2) is 0 Å². The number of hydrogen-bond acceptors (Lipinski definition) is 6. The second kappa shape index (κ2) is 5.47. The van der Waals surface area contributed by atoms with Gasteiger partial charge >= 0.3 is 0 Å². The SMILES string of the molecule is Cc1oc(CN)cc1S(=O)(=O)NC1CCS(=O)(=O)CC1. The third-order valence-corrected chi connectivity index (χ3v) is 6.63. The molecule has 0 radical (unpaired) electrons. The Morgan fingerprint density at radius 3 is 2.50 bits per heavy atom. The summed E-state index contributed by atoms with van der Waals surface area (Å²) >= 11 is 0. The molecule has 0 amide bonds. The monoisotopic (exact) mass is 322 g/mol. The number of furan rings is 1. The second-order valence-corrected chi connectivity index (χ2v) is 8.87. The number of rotatable bonds is 4. The summed E-state index contributed by atoms with van der Waals surface area (Å²) in [6.07, 6.45) is 0.588. The van der Waals surface area contributed by atoms with E-state index in [0.29, 0.717) is 18.6 Å². The van der Waals surface area contributed by atoms with Crippen LogP contribution < -0.4 is 10.5 Å². The quantitative estimate of drug-likeness (QED) is 0.799. The Bertz CT molecular complexity index is 676. The molecule has 2 rings (SSSR count). The van der Waals surface area contributed by atoms with E-state index in [0.717, 1.165) is 0 Å². The molecule has 0 spiro atoms. The molecule has 2 heterocycles. The van der Waals surface area contributed by atoms with Gasteiger partial charge in [0.05, 0.1) is 18.1 Å². The van der Waals surface area contributed by atoms with Crippen LogP contribution in [0.4, 0.5) is 0 Å². The predicted octanol–water partition coefficient (Wildman–Crippen LogP) is -0.0978. The minimum absolute atomic E-state index is 0.0125. The third kappa shape index (κ3) is 3.40. The minimum Gasteiger partial charge on any atom is -0.464 e. The minimum atomic E-state index is -3.71. The standard InChI is InChI=1S/C11H18N2O5S2/c1-8-11(6-10(7-12)18-8)20(16,17)13-9-2-4-19(14,15)5-3-9/h6,9,13H,2-5,7,12H2,1H3. The summed E-state index contributed by atoms with van der Waals surface area (Å²) in [5, 5.41) is 0. The van der Waals surface area contributed by atoms with Crippen molar-refractivity contribution in [3.05, 3.63) is 17.6 Å². The molecule has 0 aliphatic carbocycles. The Morgan fingerprint density at radius 2 is 2.00 bits per heavy atom. The van der Waals surface area contributed by atoms with Crippen molar-refractivity contribution < 1.29 is 21.3 Å². The molecule has 1 aromatic heterocycles. The van der Waals surface area contributed by atoms with Gasteiger partial charge in [-0.1, -0.05) is 0 Å². The highest BCUT2D eigenvalue weighted by Gasteiger charge is 2.29. The zero-order valence-corrected chi connectivity index (χ0v) is 12.8. The van der Waals surface area contributed by atoms with Crippen LogP contribution in [0.2, 0.25) is 0 Å². The fourth-order valence-corrected chi connectivity index (χ4v) is 5.18. The van der Waals surface area contributed by atoms with Crippen molar-refractivity contribution in [2.45, 2.75) is 37.2 Å². The molecule has 0 saturated carbocycles. The summed E-state index contributed by atoms with van der Waals surface area (Å²) in [6, 6.07) is 1.04. The van der Waals surface area contributed by atoms with Gasteiger partial charge in [0, 0.05) is 12.1 Å². The molecular weight excluding hydrogens is 304 g/mol. The summed E-state index contributed by atoms with van der Waals surface area (Å²) in [7, 11) is -6.73. The lowest BCUT2D eigenvalue weighted by atomic mass is 10.2. The van der Waals surface area contributed by atoms with Gasteiger partial charge in [-0.15, -0.1) is 0 Å². The van der Waals surface area contributed by atoms with Crippen LogP contribution >= 0.6 is 0 Å². The number of sulfone groups is 1. The van der Waals surface area contributed by atoms with Crippen LogP contribution in [0, 0.1) is 6.92 Å². The molecule has 1 aliphatic rings. The Morgan fingerprint density at radius 1 is 1.40 bits per heavy atom. The molecule has 0 bridgehead atoms. The van der Waals surface area contributed by atoms with E-state index in [1.165, 1.54) is 6.07 Å². The Labute approximate surface area is 118 Å². The average molecular weight is 322 g/mol. The van der Waals surface area contributed by atoms with E-state index >= 15 is 0 Å². The fourth-order valence-electron chi connectivity index (χ4n) is 2.18. The van der Waals surface area contributed by atoms with Crippen LogP contribution in [0.15, 0.2) is 15.4 Å². The van der Waals surface area contributed by atoms with E-state index in [9.17, 15) is 16.8 Å². The molecule has 7 nitrogen and oxygen atoms in total. The zero-order valence-electron chi connectivity index (χ0n) is 11.1. The lowest BCUT2D eigenvalue weighted by Crippen LogP contribution is -2.40. The molecule has 1 fully saturated rings. The first kappa shape index (κ1) is 15.5. The molecule has 114 valence electrons. The maximum absolute atomic E-state index is 12.3. The number of nitrogens with two attached hydrogens (primary N) is 1. The van der Waals surface area contributed by atoms with Crippen molar-refractivity contribution in [2.24, 2.45) is 5.73 Å². The fraction of sp³-hybridized carbons (Fsp3) is 0.636. The Kier molecular flexibility index (Phi) is 4.24. The topological polar surface area (TPSA) is 119 Å². The van der Waals surface area contributed by atoms with E-state index < -0.39 is 19.9 Å². The predicted molar refractivity (Wildman–Crippen MR) is 73.3 cm³/mol. The smallest absolute Gasteiger partial charge is 0.244 e. The first-order valence-corrected chi connectivity index (χ1v) is 9.56. The van der Waals surface area contributed by atoms with Gasteiger partial charge in [-0.25, -0.2) is 21.6 Å². The van der Waals surface area contributed by atoms with E-state index in [2.05, 4.69) is 4.72 Å². The van der Waals surface area contributed by atoms with E-state index in [-0.39, 0.29) is 34.7 Å².